The smallest absolute Gasteiger partial charge is 0.0448 e. The molecular weight excluding hydrogens is 296 g/mol. The Morgan fingerprint density at radius 3 is 2.79 bits per heavy atom. The van der Waals surface area contributed by atoms with Crippen LogP contribution in [0.25, 0.3) is 0 Å². The molecule has 3 aliphatic rings. The van der Waals surface area contributed by atoms with Gasteiger partial charge in [-0.2, -0.15) is 0 Å². The normalized spacial score (nSPS) is 34.6. The third-order valence-corrected chi connectivity index (χ3v) is 7.48. The van der Waals surface area contributed by atoms with E-state index in [1.807, 2.05) is 0 Å². The first-order chi connectivity index (χ1) is 11.4. The van der Waals surface area contributed by atoms with Crippen molar-refractivity contribution >= 4 is 5.97 Å². The van der Waals surface area contributed by atoms with Gasteiger partial charge in [-0.3, -0.25) is 0 Å². The predicted octanol–water partition coefficient (Wildman–Crippen LogP) is 3.84. The minimum atomic E-state index is -0.861. The molecule has 0 aliphatic heterocycles. The molecule has 0 aromatic heterocycles. The third kappa shape index (κ3) is 2.18. The van der Waals surface area contributed by atoms with Crippen molar-refractivity contribution in [1.82, 2.24) is 0 Å². The standard InChI is InChI=1S/C22H28O2/c1-13-4-6-18-17(14(13)2)8-9-20-19(18)7-5-16-12-15(21(23)24)10-11-22(16,20)3/h4-6,15,19-20H,7-12H2,1-3H3,(H,23,24)/p-1/t15-,19+,20+,22-/m0/s1. The van der Waals surface area contributed by atoms with Gasteiger partial charge in [0.25, 0.3) is 0 Å². The van der Waals surface area contributed by atoms with Gasteiger partial charge < -0.3 is 9.90 Å². The molecule has 0 saturated heterocycles. The number of carbonyl (C=O) groups is 1. The van der Waals surface area contributed by atoms with Crippen LogP contribution >= 0.6 is 0 Å². The molecule has 0 heterocycles. The van der Waals surface area contributed by atoms with Crippen LogP contribution in [0.2, 0.25) is 0 Å². The maximum absolute atomic E-state index is 11.3. The highest BCUT2D eigenvalue weighted by atomic mass is 16.4. The first-order valence-electron chi connectivity index (χ1n) is 9.41. The number of carboxylic acids is 1. The van der Waals surface area contributed by atoms with E-state index in [1.54, 1.807) is 11.1 Å². The van der Waals surface area contributed by atoms with E-state index in [2.05, 4.69) is 39.0 Å². The lowest BCUT2D eigenvalue weighted by molar-refractivity contribution is -0.312. The van der Waals surface area contributed by atoms with Crippen LogP contribution in [-0.2, 0) is 11.2 Å². The average Bonchev–Trinajstić information content (AvgIpc) is 2.56. The van der Waals surface area contributed by atoms with Crippen LogP contribution < -0.4 is 5.11 Å². The largest absolute Gasteiger partial charge is 0.550 e. The Morgan fingerprint density at radius 1 is 1.25 bits per heavy atom. The molecule has 1 aromatic carbocycles. The van der Waals surface area contributed by atoms with Gasteiger partial charge in [0.15, 0.2) is 0 Å². The molecule has 1 fully saturated rings. The number of hydrogen-bond acceptors (Lipinski definition) is 2. The Labute approximate surface area is 145 Å². The van der Waals surface area contributed by atoms with E-state index in [-0.39, 0.29) is 11.3 Å². The number of aryl methyl sites for hydroxylation is 1. The Bertz CT molecular complexity index is 730. The van der Waals surface area contributed by atoms with Crippen LogP contribution in [0.1, 0.15) is 67.2 Å². The van der Waals surface area contributed by atoms with Crippen LogP contribution in [0, 0.1) is 31.1 Å². The van der Waals surface area contributed by atoms with Crippen molar-refractivity contribution in [2.45, 2.75) is 65.2 Å². The summed E-state index contributed by atoms with van der Waals surface area (Å²) in [6.45, 7) is 6.88. The first-order valence-corrected chi connectivity index (χ1v) is 9.41. The Balaban J connectivity index is 1.72. The molecule has 0 amide bonds. The molecule has 1 saturated carbocycles. The average molecular weight is 323 g/mol. The Morgan fingerprint density at radius 2 is 2.04 bits per heavy atom. The third-order valence-electron chi connectivity index (χ3n) is 7.48. The summed E-state index contributed by atoms with van der Waals surface area (Å²) in [5, 5.41) is 11.3. The summed E-state index contributed by atoms with van der Waals surface area (Å²) >= 11 is 0. The lowest BCUT2D eigenvalue weighted by Gasteiger charge is -2.53. The summed E-state index contributed by atoms with van der Waals surface area (Å²) in [5.74, 6) is 0.137. The highest BCUT2D eigenvalue weighted by molar-refractivity contribution is 5.68. The van der Waals surface area contributed by atoms with E-state index in [9.17, 15) is 9.90 Å². The van der Waals surface area contributed by atoms with Crippen molar-refractivity contribution in [3.05, 3.63) is 46.0 Å². The quantitative estimate of drug-likeness (QED) is 0.737. The van der Waals surface area contributed by atoms with Gasteiger partial charge in [0.05, 0.1) is 0 Å². The number of aliphatic carboxylic acids is 1. The summed E-state index contributed by atoms with van der Waals surface area (Å²) < 4.78 is 0. The van der Waals surface area contributed by atoms with E-state index >= 15 is 0 Å². The van der Waals surface area contributed by atoms with Crippen LogP contribution in [0.5, 0.6) is 0 Å². The second-order valence-corrected chi connectivity index (χ2v) is 8.47. The highest BCUT2D eigenvalue weighted by Crippen LogP contribution is 2.59. The molecule has 4 atom stereocenters. The SMILES string of the molecule is Cc1ccc2c(c1C)CC[C@@H]1[C@@H]2CC=C2C[C@@H](C(=O)[O-])CC[C@@]21C. The Kier molecular flexibility index (Phi) is 3.63. The molecule has 2 nitrogen and oxygen atoms in total. The fraction of sp³-hybridized carbons (Fsp3) is 0.591. The van der Waals surface area contributed by atoms with Gasteiger partial charge in [-0.1, -0.05) is 30.7 Å². The van der Waals surface area contributed by atoms with Gasteiger partial charge in [-0.15, -0.1) is 0 Å². The lowest BCUT2D eigenvalue weighted by Crippen LogP contribution is -2.45. The molecule has 128 valence electrons. The van der Waals surface area contributed by atoms with E-state index < -0.39 is 5.97 Å². The predicted molar refractivity (Wildman–Crippen MR) is 93.6 cm³/mol. The van der Waals surface area contributed by atoms with Gasteiger partial charge in [0, 0.05) is 11.9 Å². The second-order valence-electron chi connectivity index (χ2n) is 8.47. The van der Waals surface area contributed by atoms with Crippen LogP contribution in [0.15, 0.2) is 23.8 Å². The first kappa shape index (κ1) is 15.9. The molecule has 0 N–H and O–H groups in total. The number of benzene rings is 1. The molecule has 2 heteroatoms. The summed E-state index contributed by atoms with van der Waals surface area (Å²) in [4.78, 5) is 11.3. The topological polar surface area (TPSA) is 40.1 Å². The molecule has 24 heavy (non-hydrogen) atoms. The van der Waals surface area contributed by atoms with Crippen molar-refractivity contribution in [2.24, 2.45) is 17.3 Å². The zero-order valence-electron chi connectivity index (χ0n) is 15.0. The Hall–Kier alpha value is -1.57. The van der Waals surface area contributed by atoms with Gasteiger partial charge in [-0.05, 0) is 91.9 Å². The van der Waals surface area contributed by atoms with Crippen molar-refractivity contribution in [1.29, 1.82) is 0 Å². The number of fused-ring (bicyclic) bond motifs is 5. The second kappa shape index (κ2) is 5.47. The van der Waals surface area contributed by atoms with Gasteiger partial charge in [-0.25, -0.2) is 0 Å². The fourth-order valence-electron chi connectivity index (χ4n) is 5.79. The monoisotopic (exact) mass is 323 g/mol. The fourth-order valence-corrected chi connectivity index (χ4v) is 5.79. The van der Waals surface area contributed by atoms with Crippen LogP contribution in [0.3, 0.4) is 0 Å². The van der Waals surface area contributed by atoms with Crippen LogP contribution in [0.4, 0.5) is 0 Å². The molecule has 1 aromatic rings. The van der Waals surface area contributed by atoms with E-state index in [0.717, 1.165) is 19.3 Å². The maximum Gasteiger partial charge on any atom is 0.0448 e. The molecule has 0 radical (unpaired) electrons. The number of allylic oxidation sites excluding steroid dienone is 2. The number of carbonyl (C=O) groups excluding carboxylic acids is 1. The highest BCUT2D eigenvalue weighted by Gasteiger charge is 2.48. The lowest BCUT2D eigenvalue weighted by atomic mass is 9.52. The molecule has 0 spiro atoms. The molecular formula is C22H27O2-. The van der Waals surface area contributed by atoms with E-state index in [0.29, 0.717) is 18.3 Å². The molecule has 4 rings (SSSR count). The number of rotatable bonds is 1. The maximum atomic E-state index is 11.3. The summed E-state index contributed by atoms with van der Waals surface area (Å²) in [6, 6.07) is 4.65. The zero-order chi connectivity index (χ0) is 17.1. The van der Waals surface area contributed by atoms with Crippen molar-refractivity contribution in [3.63, 3.8) is 0 Å². The van der Waals surface area contributed by atoms with Crippen molar-refractivity contribution in [3.8, 4) is 0 Å². The van der Waals surface area contributed by atoms with Crippen LogP contribution in [-0.4, -0.2) is 5.97 Å². The van der Waals surface area contributed by atoms with E-state index in [4.69, 9.17) is 0 Å². The number of hydrogen-bond donors (Lipinski definition) is 0. The minimum Gasteiger partial charge on any atom is -0.550 e. The molecule has 3 aliphatic carbocycles. The summed E-state index contributed by atoms with van der Waals surface area (Å²) in [7, 11) is 0. The number of carboxylic acid groups (broad SMARTS) is 1. The van der Waals surface area contributed by atoms with Gasteiger partial charge >= 0.3 is 0 Å². The molecule has 0 bridgehead atoms. The summed E-state index contributed by atoms with van der Waals surface area (Å²) in [5.41, 5.74) is 7.61. The van der Waals surface area contributed by atoms with E-state index in [1.165, 1.54) is 29.5 Å². The van der Waals surface area contributed by atoms with Gasteiger partial charge in [0.1, 0.15) is 0 Å². The van der Waals surface area contributed by atoms with Crippen molar-refractivity contribution in [2.75, 3.05) is 0 Å². The minimum absolute atomic E-state index is 0.186. The molecule has 0 unspecified atom stereocenters. The van der Waals surface area contributed by atoms with Gasteiger partial charge in [0.2, 0.25) is 0 Å². The zero-order valence-corrected chi connectivity index (χ0v) is 15.0. The summed E-state index contributed by atoms with van der Waals surface area (Å²) in [6.07, 6.45) is 8.35. The van der Waals surface area contributed by atoms with Crippen molar-refractivity contribution < 1.29 is 9.90 Å².